The average Bonchev–Trinajstić information content (AvgIpc) is 3.28. The van der Waals surface area contributed by atoms with E-state index in [9.17, 15) is 0 Å². The third-order valence-corrected chi connectivity index (χ3v) is 13.1. The summed E-state index contributed by atoms with van der Waals surface area (Å²) in [5, 5.41) is 3.93. The van der Waals surface area contributed by atoms with Crippen LogP contribution in [0.25, 0.3) is 44.2 Å². The molecule has 58 heavy (non-hydrogen) atoms. The zero-order chi connectivity index (χ0) is 39.5. The summed E-state index contributed by atoms with van der Waals surface area (Å²) in [5.74, 6) is 0. The fourth-order valence-corrected chi connectivity index (χ4v) is 9.03. The van der Waals surface area contributed by atoms with Gasteiger partial charge in [-0.1, -0.05) is 183 Å². The molecule has 9 rings (SSSR count). The SMILES string of the molecule is C[Si](C)(C)c1ccc(N(c2ccc(-c3ccc(-c4ccc(N(c5ccccc5)c5ccc(-c6ccccc6)cc5)cc4)cc3)cc2)c2cccc3ccccc23)cc1. The maximum absolute atomic E-state index is 2.40. The highest BCUT2D eigenvalue weighted by Gasteiger charge is 2.19. The molecule has 3 heteroatoms. The Balaban J connectivity index is 0.977. The van der Waals surface area contributed by atoms with Crippen molar-refractivity contribution in [3.63, 3.8) is 0 Å². The molecule has 9 aromatic carbocycles. The van der Waals surface area contributed by atoms with Gasteiger partial charge in [0.2, 0.25) is 0 Å². The number of hydrogen-bond acceptors (Lipinski definition) is 2. The largest absolute Gasteiger partial charge is 0.311 e. The predicted molar refractivity (Wildman–Crippen MR) is 253 cm³/mol. The number of nitrogens with zero attached hydrogens (tertiary/aromatic N) is 2. The van der Waals surface area contributed by atoms with Gasteiger partial charge in [-0.2, -0.15) is 0 Å². The molecule has 0 aromatic heterocycles. The van der Waals surface area contributed by atoms with Crippen LogP contribution in [0.2, 0.25) is 19.6 Å². The summed E-state index contributed by atoms with van der Waals surface area (Å²) >= 11 is 0. The minimum Gasteiger partial charge on any atom is -0.311 e. The highest BCUT2D eigenvalue weighted by molar-refractivity contribution is 6.88. The number of benzene rings is 9. The van der Waals surface area contributed by atoms with Crippen LogP contribution >= 0.6 is 0 Å². The molecule has 0 saturated carbocycles. The van der Waals surface area contributed by atoms with Crippen LogP contribution in [-0.4, -0.2) is 8.07 Å². The van der Waals surface area contributed by atoms with Gasteiger partial charge in [-0.3, -0.25) is 0 Å². The fraction of sp³-hybridized carbons (Fsp3) is 0.0545. The number of rotatable bonds is 10. The zero-order valence-corrected chi connectivity index (χ0v) is 34.3. The highest BCUT2D eigenvalue weighted by Crippen LogP contribution is 2.40. The third-order valence-electron chi connectivity index (χ3n) is 11.0. The number of para-hydroxylation sites is 1. The first kappa shape index (κ1) is 36.7. The molecule has 0 unspecified atom stereocenters. The van der Waals surface area contributed by atoms with Crippen molar-refractivity contribution in [2.75, 3.05) is 9.80 Å². The first-order valence-corrected chi connectivity index (χ1v) is 23.6. The van der Waals surface area contributed by atoms with E-state index >= 15 is 0 Å². The Labute approximate surface area is 344 Å². The Hall–Kier alpha value is -6.94. The predicted octanol–water partition coefficient (Wildman–Crippen LogP) is 15.3. The van der Waals surface area contributed by atoms with Crippen molar-refractivity contribution in [3.05, 3.63) is 224 Å². The van der Waals surface area contributed by atoms with Gasteiger partial charge in [0, 0.05) is 33.8 Å². The Morgan fingerprint density at radius 3 is 1.10 bits per heavy atom. The second-order valence-electron chi connectivity index (χ2n) is 15.9. The van der Waals surface area contributed by atoms with E-state index in [0.717, 1.165) is 28.4 Å². The van der Waals surface area contributed by atoms with Crippen LogP contribution in [0.15, 0.2) is 224 Å². The quantitative estimate of drug-likeness (QED) is 0.128. The maximum atomic E-state index is 2.40. The van der Waals surface area contributed by atoms with Crippen LogP contribution in [-0.2, 0) is 0 Å². The molecule has 0 aliphatic heterocycles. The van der Waals surface area contributed by atoms with Crippen molar-refractivity contribution >= 4 is 58.2 Å². The topological polar surface area (TPSA) is 6.48 Å². The first-order valence-electron chi connectivity index (χ1n) is 20.1. The molecule has 0 fully saturated rings. The molecular formula is C55H46N2Si. The van der Waals surface area contributed by atoms with Gasteiger partial charge in [0.1, 0.15) is 0 Å². The molecule has 0 aliphatic carbocycles. The number of anilines is 6. The highest BCUT2D eigenvalue weighted by atomic mass is 28.3. The molecule has 0 spiro atoms. The molecule has 0 amide bonds. The van der Waals surface area contributed by atoms with Gasteiger partial charge in [-0.15, -0.1) is 0 Å². The van der Waals surface area contributed by atoms with E-state index in [1.807, 2.05) is 0 Å². The summed E-state index contributed by atoms with van der Waals surface area (Å²) in [4.78, 5) is 4.71. The van der Waals surface area contributed by atoms with Crippen LogP contribution in [0.4, 0.5) is 34.1 Å². The third kappa shape index (κ3) is 7.60. The molecule has 9 aromatic rings. The van der Waals surface area contributed by atoms with E-state index in [1.54, 1.807) is 0 Å². The van der Waals surface area contributed by atoms with Crippen molar-refractivity contribution in [2.24, 2.45) is 0 Å². The molecule has 0 radical (unpaired) electrons. The van der Waals surface area contributed by atoms with E-state index in [1.165, 1.54) is 55.0 Å². The summed E-state index contributed by atoms with van der Waals surface area (Å²) in [7, 11) is -1.43. The molecule has 0 atom stereocenters. The van der Waals surface area contributed by atoms with E-state index in [2.05, 4.69) is 254 Å². The standard InChI is InChI=1S/C55H46N2Si/c1-58(2,3)53-39-37-52(38-40-53)57(55-20-12-16-47-15-10-11-19-54(47)55)51-35-29-46(30-36-51)43-23-21-42(22-24-43)45-27-33-50(34-28-45)56(48-17-8-5-9-18-48)49-31-25-44(26-32-49)41-13-6-4-7-14-41/h4-40H,1-3H3. The van der Waals surface area contributed by atoms with Crippen molar-refractivity contribution in [2.45, 2.75) is 19.6 Å². The van der Waals surface area contributed by atoms with Crippen molar-refractivity contribution in [1.29, 1.82) is 0 Å². The number of hydrogen-bond donors (Lipinski definition) is 0. The molecule has 280 valence electrons. The molecule has 0 saturated heterocycles. The van der Waals surface area contributed by atoms with Crippen LogP contribution in [0, 0.1) is 0 Å². The molecule has 0 aliphatic rings. The Kier molecular flexibility index (Phi) is 10.1. The van der Waals surface area contributed by atoms with Gasteiger partial charge in [-0.05, 0) is 105 Å². The van der Waals surface area contributed by atoms with Gasteiger partial charge in [0.15, 0.2) is 0 Å². The summed E-state index contributed by atoms with van der Waals surface area (Å²) < 4.78 is 0. The summed E-state index contributed by atoms with van der Waals surface area (Å²) in [5.41, 5.74) is 14.0. The lowest BCUT2D eigenvalue weighted by Gasteiger charge is -2.28. The maximum Gasteiger partial charge on any atom is 0.0775 e. The van der Waals surface area contributed by atoms with Crippen molar-refractivity contribution in [1.82, 2.24) is 0 Å². The van der Waals surface area contributed by atoms with Crippen LogP contribution in [0.3, 0.4) is 0 Å². The van der Waals surface area contributed by atoms with Gasteiger partial charge in [0.25, 0.3) is 0 Å². The molecule has 0 N–H and O–H groups in total. The second-order valence-corrected chi connectivity index (χ2v) is 21.0. The smallest absolute Gasteiger partial charge is 0.0775 e. The fourth-order valence-electron chi connectivity index (χ4n) is 7.86. The van der Waals surface area contributed by atoms with E-state index in [-0.39, 0.29) is 0 Å². The summed E-state index contributed by atoms with van der Waals surface area (Å²) in [6, 6.07) is 81.3. The lowest BCUT2D eigenvalue weighted by Crippen LogP contribution is -2.37. The average molecular weight is 763 g/mol. The molecular weight excluding hydrogens is 717 g/mol. The normalized spacial score (nSPS) is 11.4. The van der Waals surface area contributed by atoms with Gasteiger partial charge in [-0.25, -0.2) is 0 Å². The van der Waals surface area contributed by atoms with Crippen LogP contribution in [0.1, 0.15) is 0 Å². The van der Waals surface area contributed by atoms with Crippen molar-refractivity contribution in [3.8, 4) is 33.4 Å². The number of fused-ring (bicyclic) bond motifs is 1. The van der Waals surface area contributed by atoms with E-state index in [4.69, 9.17) is 0 Å². The summed E-state index contributed by atoms with van der Waals surface area (Å²) in [6.45, 7) is 7.21. The van der Waals surface area contributed by atoms with E-state index < -0.39 is 8.07 Å². The second kappa shape index (κ2) is 15.9. The molecule has 2 nitrogen and oxygen atoms in total. The van der Waals surface area contributed by atoms with Crippen LogP contribution < -0.4 is 15.0 Å². The van der Waals surface area contributed by atoms with Gasteiger partial charge < -0.3 is 9.80 Å². The monoisotopic (exact) mass is 762 g/mol. The first-order chi connectivity index (χ1) is 28.4. The van der Waals surface area contributed by atoms with Crippen molar-refractivity contribution < 1.29 is 0 Å². The minimum atomic E-state index is -1.43. The van der Waals surface area contributed by atoms with E-state index in [0.29, 0.717) is 0 Å². The summed E-state index contributed by atoms with van der Waals surface area (Å²) in [6.07, 6.45) is 0. The lowest BCUT2D eigenvalue weighted by atomic mass is 9.99. The van der Waals surface area contributed by atoms with Gasteiger partial charge in [0.05, 0.1) is 13.8 Å². The molecule has 0 heterocycles. The van der Waals surface area contributed by atoms with Gasteiger partial charge >= 0.3 is 0 Å². The minimum absolute atomic E-state index is 1.11. The zero-order valence-electron chi connectivity index (χ0n) is 33.3. The molecule has 0 bridgehead atoms. The Bertz CT molecular complexity index is 2750. The lowest BCUT2D eigenvalue weighted by molar-refractivity contribution is 1.28. The Morgan fingerprint density at radius 2 is 0.621 bits per heavy atom. The van der Waals surface area contributed by atoms with Crippen LogP contribution in [0.5, 0.6) is 0 Å². The Morgan fingerprint density at radius 1 is 0.276 bits per heavy atom.